The molecule has 1 aromatic rings. The average molecular weight is 281 g/mol. The fourth-order valence-electron chi connectivity index (χ4n) is 1.85. The van der Waals surface area contributed by atoms with Crippen LogP contribution in [0.3, 0.4) is 0 Å². The van der Waals surface area contributed by atoms with Crippen LogP contribution in [-0.4, -0.2) is 20.5 Å². The Hall–Kier alpha value is -1.11. The molecule has 3 rings (SSSR count). The second kappa shape index (κ2) is 5.11. The van der Waals surface area contributed by atoms with Crippen molar-refractivity contribution in [1.82, 2.24) is 10.0 Å². The molecule has 0 radical (unpaired) electrons. The first-order valence-corrected chi connectivity index (χ1v) is 8.21. The van der Waals surface area contributed by atoms with Crippen LogP contribution in [0.4, 0.5) is 5.69 Å². The Balaban J connectivity index is 1.55. The van der Waals surface area contributed by atoms with Crippen molar-refractivity contribution in [1.29, 1.82) is 0 Å². The van der Waals surface area contributed by atoms with Gasteiger partial charge in [0.15, 0.2) is 0 Å². The van der Waals surface area contributed by atoms with E-state index in [9.17, 15) is 8.42 Å². The highest BCUT2D eigenvalue weighted by atomic mass is 32.2. The van der Waals surface area contributed by atoms with Crippen LogP contribution in [0.1, 0.15) is 31.2 Å². The maximum Gasteiger partial charge on any atom is 0.299 e. The maximum absolute atomic E-state index is 11.7. The molecule has 0 bridgehead atoms. The van der Waals surface area contributed by atoms with Crippen molar-refractivity contribution in [2.75, 3.05) is 4.72 Å². The summed E-state index contributed by atoms with van der Waals surface area (Å²) in [5, 5.41) is 3.42. The quantitative estimate of drug-likeness (QED) is 0.706. The van der Waals surface area contributed by atoms with Crippen LogP contribution >= 0.6 is 0 Å². The van der Waals surface area contributed by atoms with Gasteiger partial charge in [-0.05, 0) is 43.4 Å². The average Bonchev–Trinajstić information content (AvgIpc) is 3.22. The molecule has 6 heteroatoms. The molecule has 0 unspecified atom stereocenters. The lowest BCUT2D eigenvalue weighted by Crippen LogP contribution is -2.31. The summed E-state index contributed by atoms with van der Waals surface area (Å²) >= 11 is 0. The number of benzene rings is 1. The van der Waals surface area contributed by atoms with Gasteiger partial charge in [0.05, 0.1) is 0 Å². The molecular weight excluding hydrogens is 262 g/mol. The SMILES string of the molecule is O=S(=O)(Nc1ccc(CNC2CC2)cc1)NC1CC1. The predicted octanol–water partition coefficient (Wildman–Crippen LogP) is 1.35. The number of anilines is 1. The largest absolute Gasteiger partial charge is 0.310 e. The summed E-state index contributed by atoms with van der Waals surface area (Å²) in [6, 6.07) is 8.31. The van der Waals surface area contributed by atoms with E-state index >= 15 is 0 Å². The third-order valence-corrected chi connectivity index (χ3v) is 4.43. The molecule has 2 saturated carbocycles. The summed E-state index contributed by atoms with van der Waals surface area (Å²) in [6.07, 6.45) is 4.41. The molecule has 5 nitrogen and oxygen atoms in total. The molecule has 0 atom stereocenters. The molecule has 2 fully saturated rings. The fourth-order valence-corrected chi connectivity index (χ4v) is 3.03. The molecule has 0 heterocycles. The van der Waals surface area contributed by atoms with Crippen molar-refractivity contribution < 1.29 is 8.42 Å². The van der Waals surface area contributed by atoms with Gasteiger partial charge >= 0.3 is 0 Å². The molecule has 0 saturated heterocycles. The molecule has 104 valence electrons. The topological polar surface area (TPSA) is 70.2 Å². The minimum Gasteiger partial charge on any atom is -0.310 e. The van der Waals surface area contributed by atoms with Crippen LogP contribution in [0.15, 0.2) is 24.3 Å². The molecule has 0 aliphatic heterocycles. The van der Waals surface area contributed by atoms with E-state index in [2.05, 4.69) is 14.8 Å². The summed E-state index contributed by atoms with van der Waals surface area (Å²) < 4.78 is 28.6. The highest BCUT2D eigenvalue weighted by Crippen LogP contribution is 2.21. The lowest BCUT2D eigenvalue weighted by molar-refractivity contribution is 0.586. The van der Waals surface area contributed by atoms with Crippen LogP contribution in [-0.2, 0) is 16.8 Å². The molecule has 2 aliphatic rings. The van der Waals surface area contributed by atoms with Gasteiger partial charge in [-0.2, -0.15) is 13.1 Å². The summed E-state index contributed by atoms with van der Waals surface area (Å²) in [5.74, 6) is 0. The van der Waals surface area contributed by atoms with E-state index < -0.39 is 10.2 Å². The van der Waals surface area contributed by atoms with Gasteiger partial charge in [0, 0.05) is 24.3 Å². The lowest BCUT2D eigenvalue weighted by atomic mass is 10.2. The van der Waals surface area contributed by atoms with E-state index in [0.29, 0.717) is 11.7 Å². The molecular formula is C13H19N3O2S. The van der Waals surface area contributed by atoms with Crippen LogP contribution in [0.5, 0.6) is 0 Å². The highest BCUT2D eigenvalue weighted by molar-refractivity contribution is 7.90. The van der Waals surface area contributed by atoms with Crippen molar-refractivity contribution in [2.45, 2.75) is 44.3 Å². The second-order valence-corrected chi connectivity index (χ2v) is 6.80. The van der Waals surface area contributed by atoms with Crippen molar-refractivity contribution in [3.63, 3.8) is 0 Å². The zero-order valence-corrected chi connectivity index (χ0v) is 11.5. The first-order valence-electron chi connectivity index (χ1n) is 6.73. The van der Waals surface area contributed by atoms with E-state index in [0.717, 1.165) is 19.4 Å². The van der Waals surface area contributed by atoms with Crippen LogP contribution < -0.4 is 14.8 Å². The van der Waals surface area contributed by atoms with Gasteiger partial charge in [0.25, 0.3) is 10.2 Å². The minimum atomic E-state index is -3.42. The number of nitrogens with one attached hydrogen (secondary N) is 3. The Bertz CT molecular complexity index is 534. The van der Waals surface area contributed by atoms with Gasteiger partial charge in [0.2, 0.25) is 0 Å². The van der Waals surface area contributed by atoms with Gasteiger partial charge in [-0.1, -0.05) is 12.1 Å². The summed E-state index contributed by atoms with van der Waals surface area (Å²) in [7, 11) is -3.42. The zero-order valence-electron chi connectivity index (χ0n) is 10.7. The van der Waals surface area contributed by atoms with E-state index in [1.807, 2.05) is 12.1 Å². The fraction of sp³-hybridized carbons (Fsp3) is 0.538. The smallest absolute Gasteiger partial charge is 0.299 e. The van der Waals surface area contributed by atoms with Crippen LogP contribution in [0, 0.1) is 0 Å². The van der Waals surface area contributed by atoms with Crippen molar-refractivity contribution in [3.05, 3.63) is 29.8 Å². The van der Waals surface area contributed by atoms with E-state index in [-0.39, 0.29) is 6.04 Å². The highest BCUT2D eigenvalue weighted by Gasteiger charge is 2.26. The molecule has 1 aromatic carbocycles. The Kier molecular flexibility index (Phi) is 3.47. The van der Waals surface area contributed by atoms with E-state index in [1.165, 1.54) is 18.4 Å². The van der Waals surface area contributed by atoms with E-state index in [1.54, 1.807) is 12.1 Å². The van der Waals surface area contributed by atoms with Gasteiger partial charge in [0.1, 0.15) is 0 Å². The maximum atomic E-state index is 11.7. The third kappa shape index (κ3) is 4.19. The molecule has 0 spiro atoms. The van der Waals surface area contributed by atoms with Crippen LogP contribution in [0.2, 0.25) is 0 Å². The Labute approximate surface area is 114 Å². The van der Waals surface area contributed by atoms with Gasteiger partial charge in [-0.3, -0.25) is 4.72 Å². The Morgan fingerprint density at radius 2 is 1.63 bits per heavy atom. The van der Waals surface area contributed by atoms with Gasteiger partial charge in [-0.15, -0.1) is 0 Å². The predicted molar refractivity (Wildman–Crippen MR) is 75.0 cm³/mol. The van der Waals surface area contributed by atoms with E-state index in [4.69, 9.17) is 0 Å². The number of hydrogen-bond acceptors (Lipinski definition) is 3. The number of rotatable bonds is 7. The second-order valence-electron chi connectivity index (χ2n) is 5.35. The van der Waals surface area contributed by atoms with Gasteiger partial charge < -0.3 is 5.32 Å². The molecule has 3 N–H and O–H groups in total. The zero-order chi connectivity index (χ0) is 13.3. The molecule has 0 amide bonds. The Morgan fingerprint density at radius 1 is 1.00 bits per heavy atom. The van der Waals surface area contributed by atoms with Crippen molar-refractivity contribution in [2.24, 2.45) is 0 Å². The monoisotopic (exact) mass is 281 g/mol. The van der Waals surface area contributed by atoms with Crippen molar-refractivity contribution in [3.8, 4) is 0 Å². The first-order chi connectivity index (χ1) is 9.11. The molecule has 0 aromatic heterocycles. The first kappa shape index (κ1) is 12.9. The van der Waals surface area contributed by atoms with Crippen LogP contribution in [0.25, 0.3) is 0 Å². The number of hydrogen-bond donors (Lipinski definition) is 3. The molecule has 19 heavy (non-hydrogen) atoms. The van der Waals surface area contributed by atoms with Gasteiger partial charge in [-0.25, -0.2) is 0 Å². The standard InChI is InChI=1S/C13H19N3O2S/c17-19(18,16-13-7-8-13)15-12-3-1-10(2-4-12)9-14-11-5-6-11/h1-4,11,13-16H,5-9H2. The summed E-state index contributed by atoms with van der Waals surface area (Å²) in [5.41, 5.74) is 1.77. The molecule has 2 aliphatic carbocycles. The third-order valence-electron chi connectivity index (χ3n) is 3.28. The summed E-state index contributed by atoms with van der Waals surface area (Å²) in [4.78, 5) is 0. The Morgan fingerprint density at radius 3 is 2.21 bits per heavy atom. The lowest BCUT2D eigenvalue weighted by Gasteiger charge is -2.09. The summed E-state index contributed by atoms with van der Waals surface area (Å²) in [6.45, 7) is 0.845. The van der Waals surface area contributed by atoms with Crippen molar-refractivity contribution >= 4 is 15.9 Å². The normalized spacial score (nSPS) is 19.4. The minimum absolute atomic E-state index is 0.125.